The Morgan fingerprint density at radius 3 is 2.67 bits per heavy atom. The third-order valence-electron chi connectivity index (χ3n) is 4.26. The standard InChI is InChI=1S/C19H13NO4/c21-18(22)13-6-5-12-8-17-15-4-2-1-3-11(15)7-14(19(23)24)10-20(17)16(12)9-13/h1,3-10H,2H2,(H,21,22)(H,23,24). The molecule has 5 nitrogen and oxygen atoms in total. The van der Waals surface area contributed by atoms with E-state index in [4.69, 9.17) is 0 Å². The monoisotopic (exact) mass is 319 g/mol. The second-order valence-corrected chi connectivity index (χ2v) is 5.72. The molecule has 0 bridgehead atoms. The number of carbonyl (C=O) groups is 2. The van der Waals surface area contributed by atoms with Crippen LogP contribution >= 0.6 is 0 Å². The van der Waals surface area contributed by atoms with Crippen LogP contribution in [0.15, 0.2) is 59.7 Å². The Labute approximate surface area is 137 Å². The summed E-state index contributed by atoms with van der Waals surface area (Å²) in [5, 5.41) is 19.6. The quantitative estimate of drug-likeness (QED) is 0.887. The van der Waals surface area contributed by atoms with E-state index in [-0.39, 0.29) is 11.1 Å². The number of rotatable bonds is 2. The molecule has 1 aromatic heterocycles. The Bertz CT molecular complexity index is 1030. The van der Waals surface area contributed by atoms with E-state index < -0.39 is 11.9 Å². The van der Waals surface area contributed by atoms with Crippen molar-refractivity contribution in [1.82, 2.24) is 4.57 Å². The van der Waals surface area contributed by atoms with Crippen LogP contribution in [0.3, 0.4) is 0 Å². The second kappa shape index (κ2) is 5.09. The van der Waals surface area contributed by atoms with Crippen LogP contribution in [0.4, 0.5) is 0 Å². The highest BCUT2D eigenvalue weighted by molar-refractivity contribution is 6.02. The zero-order chi connectivity index (χ0) is 16.8. The minimum Gasteiger partial charge on any atom is -0.478 e. The first-order valence-corrected chi connectivity index (χ1v) is 7.47. The van der Waals surface area contributed by atoms with Crippen LogP contribution in [-0.4, -0.2) is 26.7 Å². The average molecular weight is 319 g/mol. The molecule has 2 heterocycles. The third-order valence-corrected chi connectivity index (χ3v) is 4.26. The molecule has 0 fully saturated rings. The normalized spacial score (nSPS) is 15.8. The van der Waals surface area contributed by atoms with Gasteiger partial charge in [-0.2, -0.15) is 0 Å². The number of aromatic carboxylic acids is 1. The van der Waals surface area contributed by atoms with E-state index in [2.05, 4.69) is 0 Å². The van der Waals surface area contributed by atoms with E-state index in [1.165, 1.54) is 0 Å². The summed E-state index contributed by atoms with van der Waals surface area (Å²) in [4.78, 5) is 22.8. The highest BCUT2D eigenvalue weighted by Gasteiger charge is 2.21. The van der Waals surface area contributed by atoms with Gasteiger partial charge in [0.1, 0.15) is 0 Å². The van der Waals surface area contributed by atoms with E-state index in [9.17, 15) is 19.8 Å². The average Bonchev–Trinajstić information content (AvgIpc) is 2.83. The van der Waals surface area contributed by atoms with Gasteiger partial charge in [0.25, 0.3) is 0 Å². The van der Waals surface area contributed by atoms with Crippen molar-refractivity contribution in [3.05, 3.63) is 71.0 Å². The molecule has 0 unspecified atom stereocenters. The Balaban J connectivity index is 2.06. The molecule has 2 aromatic rings. The number of aromatic nitrogens is 1. The van der Waals surface area contributed by atoms with Gasteiger partial charge in [0.2, 0.25) is 0 Å². The molecular weight excluding hydrogens is 306 g/mol. The largest absolute Gasteiger partial charge is 0.478 e. The Morgan fingerprint density at radius 2 is 1.92 bits per heavy atom. The van der Waals surface area contributed by atoms with Crippen molar-refractivity contribution in [3.63, 3.8) is 0 Å². The van der Waals surface area contributed by atoms with Crippen molar-refractivity contribution in [1.29, 1.82) is 0 Å². The van der Waals surface area contributed by atoms with Gasteiger partial charge in [-0.05, 0) is 36.3 Å². The molecule has 1 aliphatic heterocycles. The van der Waals surface area contributed by atoms with Crippen LogP contribution in [0.2, 0.25) is 0 Å². The molecule has 4 rings (SSSR count). The van der Waals surface area contributed by atoms with Crippen molar-refractivity contribution < 1.29 is 19.8 Å². The van der Waals surface area contributed by atoms with Gasteiger partial charge < -0.3 is 14.8 Å². The van der Waals surface area contributed by atoms with Gasteiger partial charge >= 0.3 is 11.9 Å². The lowest BCUT2D eigenvalue weighted by atomic mass is 9.95. The summed E-state index contributed by atoms with van der Waals surface area (Å²) in [7, 11) is 0. The van der Waals surface area contributed by atoms with Gasteiger partial charge in [-0.25, -0.2) is 9.59 Å². The van der Waals surface area contributed by atoms with Gasteiger partial charge in [-0.15, -0.1) is 0 Å². The van der Waals surface area contributed by atoms with Crippen LogP contribution in [0.25, 0.3) is 22.7 Å². The van der Waals surface area contributed by atoms with Gasteiger partial charge in [-0.3, -0.25) is 0 Å². The first-order valence-electron chi connectivity index (χ1n) is 7.47. The Kier molecular flexibility index (Phi) is 3.03. The number of allylic oxidation sites excluding steroid dienone is 5. The van der Waals surface area contributed by atoms with Crippen LogP contribution < -0.4 is 0 Å². The molecule has 0 saturated carbocycles. The molecule has 0 spiro atoms. The van der Waals surface area contributed by atoms with Crippen LogP contribution in [0.5, 0.6) is 0 Å². The molecule has 0 atom stereocenters. The van der Waals surface area contributed by atoms with Gasteiger partial charge in [0, 0.05) is 17.2 Å². The van der Waals surface area contributed by atoms with Crippen LogP contribution in [-0.2, 0) is 4.79 Å². The molecular formula is C19H13NO4. The zero-order valence-electron chi connectivity index (χ0n) is 12.6. The molecule has 0 amide bonds. The summed E-state index contributed by atoms with van der Waals surface area (Å²) >= 11 is 0. The Hall–Kier alpha value is -3.34. The number of hydrogen-bond acceptors (Lipinski definition) is 2. The lowest BCUT2D eigenvalue weighted by molar-refractivity contribution is -0.132. The predicted octanol–water partition coefficient (Wildman–Crippen LogP) is 3.55. The molecule has 2 aliphatic rings. The number of nitrogens with zero attached hydrogens (tertiary/aromatic N) is 1. The SMILES string of the molecule is O=C(O)C1=Cn2c(cc3ccc(C(=O)O)cc32)C2=CCC=CC2=C1. The summed E-state index contributed by atoms with van der Waals surface area (Å²) in [5.74, 6) is -2.04. The van der Waals surface area contributed by atoms with Gasteiger partial charge in [0.05, 0.1) is 22.3 Å². The molecule has 0 radical (unpaired) electrons. The van der Waals surface area contributed by atoms with Crippen molar-refractivity contribution in [2.24, 2.45) is 0 Å². The van der Waals surface area contributed by atoms with E-state index in [0.29, 0.717) is 5.52 Å². The number of hydrogen-bond donors (Lipinski definition) is 2. The highest BCUT2D eigenvalue weighted by Crippen LogP contribution is 2.36. The fourth-order valence-electron chi connectivity index (χ4n) is 3.13. The number of carboxylic acids is 2. The van der Waals surface area contributed by atoms with Crippen molar-refractivity contribution >= 4 is 34.6 Å². The van der Waals surface area contributed by atoms with Crippen molar-refractivity contribution in [2.45, 2.75) is 6.42 Å². The maximum absolute atomic E-state index is 11.6. The van der Waals surface area contributed by atoms with Gasteiger partial charge in [-0.1, -0.05) is 24.3 Å². The minimum atomic E-state index is -1.02. The molecule has 0 saturated heterocycles. The van der Waals surface area contributed by atoms with Crippen molar-refractivity contribution in [3.8, 4) is 0 Å². The number of carboxylic acid groups (broad SMARTS) is 2. The molecule has 1 aliphatic carbocycles. The maximum atomic E-state index is 11.6. The minimum absolute atomic E-state index is 0.152. The summed E-state index contributed by atoms with van der Waals surface area (Å²) in [6.07, 6.45) is 9.91. The predicted molar refractivity (Wildman–Crippen MR) is 90.6 cm³/mol. The number of benzene rings is 1. The first kappa shape index (κ1) is 14.3. The molecule has 2 N–H and O–H groups in total. The van der Waals surface area contributed by atoms with E-state index in [0.717, 1.165) is 28.6 Å². The summed E-state index contributed by atoms with van der Waals surface area (Å²) in [6.45, 7) is 0. The van der Waals surface area contributed by atoms with Crippen LogP contribution in [0, 0.1) is 0 Å². The smallest absolute Gasteiger partial charge is 0.337 e. The Morgan fingerprint density at radius 1 is 1.08 bits per heavy atom. The van der Waals surface area contributed by atoms with E-state index in [1.54, 1.807) is 35.0 Å². The molecule has 1 aromatic carbocycles. The third kappa shape index (κ3) is 2.10. The zero-order valence-corrected chi connectivity index (χ0v) is 12.6. The van der Waals surface area contributed by atoms with Crippen molar-refractivity contribution in [2.75, 3.05) is 0 Å². The number of aliphatic carboxylic acids is 1. The lowest BCUT2D eigenvalue weighted by Crippen LogP contribution is -2.00. The number of fused-ring (bicyclic) bond motifs is 5. The fourth-order valence-corrected chi connectivity index (χ4v) is 3.13. The fraction of sp³-hybridized carbons (Fsp3) is 0.0526. The first-order chi connectivity index (χ1) is 11.5. The molecule has 5 heteroatoms. The summed E-state index contributed by atoms with van der Waals surface area (Å²) in [6, 6.07) is 6.83. The maximum Gasteiger partial charge on any atom is 0.337 e. The second-order valence-electron chi connectivity index (χ2n) is 5.72. The van der Waals surface area contributed by atoms with Crippen LogP contribution in [0.1, 0.15) is 22.5 Å². The van der Waals surface area contributed by atoms with E-state index in [1.807, 2.05) is 24.3 Å². The topological polar surface area (TPSA) is 79.5 Å². The summed E-state index contributed by atoms with van der Waals surface area (Å²) in [5.41, 5.74) is 3.66. The summed E-state index contributed by atoms with van der Waals surface area (Å²) < 4.78 is 1.76. The molecule has 118 valence electrons. The van der Waals surface area contributed by atoms with Gasteiger partial charge in [0.15, 0.2) is 0 Å². The van der Waals surface area contributed by atoms with E-state index >= 15 is 0 Å². The molecule has 24 heavy (non-hydrogen) atoms. The highest BCUT2D eigenvalue weighted by atomic mass is 16.4. The lowest BCUT2D eigenvalue weighted by Gasteiger charge is -2.12.